The average molecular weight is 471 g/mol. The lowest BCUT2D eigenvalue weighted by Gasteiger charge is -2.28. The molecule has 0 radical (unpaired) electrons. The van der Waals surface area contributed by atoms with Crippen molar-refractivity contribution in [3.63, 3.8) is 0 Å². The van der Waals surface area contributed by atoms with Crippen LogP contribution in [0.4, 0.5) is 0 Å². The number of pyridine rings is 1. The van der Waals surface area contributed by atoms with Crippen LogP contribution >= 0.6 is 0 Å². The monoisotopic (exact) mass is 470 g/mol. The van der Waals surface area contributed by atoms with Gasteiger partial charge in [-0.3, -0.25) is 19.2 Å². The normalized spacial score (nSPS) is 18.1. The van der Waals surface area contributed by atoms with E-state index in [0.29, 0.717) is 62.4 Å². The van der Waals surface area contributed by atoms with Gasteiger partial charge < -0.3 is 19.7 Å². The van der Waals surface area contributed by atoms with Gasteiger partial charge in [0.15, 0.2) is 5.69 Å². The SMILES string of the molecule is CCN1CCCC1CNC(=O)c1nn(CCOC)c2c1CN(C(=O)c1cccnc1OC)CC2. The largest absolute Gasteiger partial charge is 0.480 e. The summed E-state index contributed by atoms with van der Waals surface area (Å²) in [4.78, 5) is 34.8. The second kappa shape index (κ2) is 11.0. The number of carbonyl (C=O) groups excluding carboxylic acids is 2. The van der Waals surface area contributed by atoms with Gasteiger partial charge in [-0.25, -0.2) is 4.98 Å². The predicted molar refractivity (Wildman–Crippen MR) is 126 cm³/mol. The molecule has 184 valence electrons. The third-order valence-electron chi connectivity index (χ3n) is 6.74. The van der Waals surface area contributed by atoms with E-state index in [1.165, 1.54) is 7.11 Å². The van der Waals surface area contributed by atoms with Crippen LogP contribution in [0.3, 0.4) is 0 Å². The molecule has 34 heavy (non-hydrogen) atoms. The third-order valence-corrected chi connectivity index (χ3v) is 6.74. The minimum Gasteiger partial charge on any atom is -0.480 e. The summed E-state index contributed by atoms with van der Waals surface area (Å²) in [5.74, 6) is -0.0659. The molecule has 1 fully saturated rings. The zero-order valence-corrected chi connectivity index (χ0v) is 20.2. The minimum absolute atomic E-state index is 0.170. The van der Waals surface area contributed by atoms with Crippen LogP contribution in [0.1, 0.15) is 51.9 Å². The lowest BCUT2D eigenvalue weighted by atomic mass is 10.0. The molecule has 1 unspecified atom stereocenters. The summed E-state index contributed by atoms with van der Waals surface area (Å²) >= 11 is 0. The summed E-state index contributed by atoms with van der Waals surface area (Å²) in [6.07, 6.45) is 4.45. The standard InChI is InChI=1S/C24H34N6O4/c1-4-28-11-6-7-17(28)15-26-22(31)21-19-16-29(12-9-20(19)30(27-21)13-14-33-2)24(32)18-8-5-10-25-23(18)34-3/h5,8,10,17H,4,6-7,9,11-16H2,1-3H3,(H,26,31). The summed E-state index contributed by atoms with van der Waals surface area (Å²) < 4.78 is 12.4. The molecule has 1 N–H and O–H groups in total. The number of nitrogens with one attached hydrogen (secondary N) is 1. The molecule has 1 saturated heterocycles. The summed E-state index contributed by atoms with van der Waals surface area (Å²) in [5.41, 5.74) is 2.59. The zero-order valence-electron chi connectivity index (χ0n) is 20.2. The smallest absolute Gasteiger partial charge is 0.272 e. The molecule has 4 heterocycles. The van der Waals surface area contributed by atoms with Gasteiger partial charge in [0.2, 0.25) is 5.88 Å². The van der Waals surface area contributed by atoms with Gasteiger partial charge in [0, 0.05) is 50.1 Å². The highest BCUT2D eigenvalue weighted by atomic mass is 16.5. The van der Waals surface area contributed by atoms with Crippen molar-refractivity contribution in [3.8, 4) is 5.88 Å². The first-order valence-electron chi connectivity index (χ1n) is 11.9. The number of aromatic nitrogens is 3. The van der Waals surface area contributed by atoms with Gasteiger partial charge in [0.25, 0.3) is 11.8 Å². The van der Waals surface area contributed by atoms with Gasteiger partial charge in [-0.1, -0.05) is 6.92 Å². The summed E-state index contributed by atoms with van der Waals surface area (Å²) in [6.45, 7) is 6.70. The molecule has 0 aromatic carbocycles. The molecule has 0 aliphatic carbocycles. The molecule has 2 aliphatic rings. The molecule has 10 nitrogen and oxygen atoms in total. The average Bonchev–Trinajstić information content (AvgIpc) is 3.49. The predicted octanol–water partition coefficient (Wildman–Crippen LogP) is 1.35. The van der Waals surface area contributed by atoms with Crippen LogP contribution in [0.5, 0.6) is 5.88 Å². The topological polar surface area (TPSA) is 102 Å². The van der Waals surface area contributed by atoms with E-state index in [0.717, 1.165) is 37.2 Å². The Kier molecular flexibility index (Phi) is 7.79. The van der Waals surface area contributed by atoms with E-state index >= 15 is 0 Å². The highest BCUT2D eigenvalue weighted by Crippen LogP contribution is 2.26. The maximum atomic E-state index is 13.3. The Morgan fingerprint density at radius 3 is 2.88 bits per heavy atom. The Bertz CT molecular complexity index is 1020. The Morgan fingerprint density at radius 1 is 1.26 bits per heavy atom. The van der Waals surface area contributed by atoms with E-state index in [9.17, 15) is 9.59 Å². The lowest BCUT2D eigenvalue weighted by molar-refractivity contribution is 0.0725. The number of hydrogen-bond acceptors (Lipinski definition) is 7. The molecule has 0 saturated carbocycles. The van der Waals surface area contributed by atoms with Crippen molar-refractivity contribution >= 4 is 11.8 Å². The quantitative estimate of drug-likeness (QED) is 0.590. The molecule has 0 bridgehead atoms. The maximum Gasteiger partial charge on any atom is 0.272 e. The van der Waals surface area contributed by atoms with E-state index < -0.39 is 0 Å². The van der Waals surface area contributed by atoms with Gasteiger partial charge in [-0.05, 0) is 38.1 Å². The Morgan fingerprint density at radius 2 is 2.12 bits per heavy atom. The van der Waals surface area contributed by atoms with Crippen LogP contribution in [0.25, 0.3) is 0 Å². The summed E-state index contributed by atoms with van der Waals surface area (Å²) in [5, 5.41) is 7.75. The van der Waals surface area contributed by atoms with Crippen LogP contribution in [0, 0.1) is 0 Å². The second-order valence-corrected chi connectivity index (χ2v) is 8.66. The zero-order chi connectivity index (χ0) is 24.1. The molecule has 2 aromatic heterocycles. The van der Waals surface area contributed by atoms with E-state index in [1.807, 2.05) is 4.68 Å². The number of likely N-dealkylation sites (tertiary alicyclic amines) is 1. The van der Waals surface area contributed by atoms with Crippen LogP contribution in [0.2, 0.25) is 0 Å². The van der Waals surface area contributed by atoms with Crippen molar-refractivity contribution in [2.75, 3.05) is 47.0 Å². The molecule has 2 aromatic rings. The molecule has 10 heteroatoms. The van der Waals surface area contributed by atoms with E-state index in [2.05, 4.69) is 27.2 Å². The van der Waals surface area contributed by atoms with Crippen molar-refractivity contribution in [1.29, 1.82) is 0 Å². The van der Waals surface area contributed by atoms with E-state index in [-0.39, 0.29) is 11.8 Å². The number of carbonyl (C=O) groups is 2. The minimum atomic E-state index is -0.191. The molecular formula is C24H34N6O4. The van der Waals surface area contributed by atoms with Crippen LogP contribution < -0.4 is 10.1 Å². The lowest BCUT2D eigenvalue weighted by Crippen LogP contribution is -2.41. The molecule has 1 atom stereocenters. The molecule has 2 amide bonds. The van der Waals surface area contributed by atoms with Crippen molar-refractivity contribution in [1.82, 2.24) is 29.9 Å². The Balaban J connectivity index is 1.55. The van der Waals surface area contributed by atoms with Crippen molar-refractivity contribution in [3.05, 3.63) is 40.8 Å². The number of rotatable bonds is 9. The van der Waals surface area contributed by atoms with Crippen LogP contribution in [-0.2, 0) is 24.2 Å². The van der Waals surface area contributed by atoms with Gasteiger partial charge in [-0.2, -0.15) is 5.10 Å². The fourth-order valence-corrected chi connectivity index (χ4v) is 4.93. The molecular weight excluding hydrogens is 436 g/mol. The number of fused-ring (bicyclic) bond motifs is 1. The van der Waals surface area contributed by atoms with E-state index in [1.54, 1.807) is 30.3 Å². The van der Waals surface area contributed by atoms with Crippen molar-refractivity contribution in [2.24, 2.45) is 0 Å². The Labute approximate surface area is 200 Å². The highest BCUT2D eigenvalue weighted by molar-refractivity contribution is 5.97. The maximum absolute atomic E-state index is 13.3. The van der Waals surface area contributed by atoms with Gasteiger partial charge in [-0.15, -0.1) is 0 Å². The first-order valence-corrected chi connectivity index (χ1v) is 11.9. The Hall–Kier alpha value is -2.98. The second-order valence-electron chi connectivity index (χ2n) is 8.66. The summed E-state index contributed by atoms with van der Waals surface area (Å²) in [7, 11) is 3.14. The molecule has 0 spiro atoms. The van der Waals surface area contributed by atoms with Crippen molar-refractivity contribution in [2.45, 2.75) is 45.3 Å². The van der Waals surface area contributed by atoms with Crippen LogP contribution in [0.15, 0.2) is 18.3 Å². The van der Waals surface area contributed by atoms with Gasteiger partial charge in [0.05, 0.1) is 26.8 Å². The number of ether oxygens (including phenoxy) is 2. The number of nitrogens with zero attached hydrogens (tertiary/aromatic N) is 5. The first-order chi connectivity index (χ1) is 16.6. The fraction of sp³-hybridized carbons (Fsp3) is 0.583. The van der Waals surface area contributed by atoms with Gasteiger partial charge in [0.1, 0.15) is 5.56 Å². The highest BCUT2D eigenvalue weighted by Gasteiger charge is 2.32. The first kappa shape index (κ1) is 24.2. The van der Waals surface area contributed by atoms with Gasteiger partial charge >= 0.3 is 0 Å². The number of methoxy groups -OCH3 is 2. The number of likely N-dealkylation sites (N-methyl/N-ethyl adjacent to an activating group) is 1. The van der Waals surface area contributed by atoms with Crippen LogP contribution in [-0.4, -0.2) is 89.4 Å². The summed E-state index contributed by atoms with van der Waals surface area (Å²) in [6, 6.07) is 3.78. The molecule has 2 aliphatic heterocycles. The third kappa shape index (κ3) is 4.92. The van der Waals surface area contributed by atoms with Crippen molar-refractivity contribution < 1.29 is 19.1 Å². The molecule has 4 rings (SSSR count). The fourth-order valence-electron chi connectivity index (χ4n) is 4.93. The van der Waals surface area contributed by atoms with E-state index in [4.69, 9.17) is 9.47 Å². The number of amides is 2. The number of hydrogen-bond donors (Lipinski definition) is 1.